The summed E-state index contributed by atoms with van der Waals surface area (Å²) in [6, 6.07) is 8.26. The molecule has 4 nitrogen and oxygen atoms in total. The number of aryl methyl sites for hydroxylation is 6. The van der Waals surface area contributed by atoms with E-state index in [1.807, 2.05) is 46.8 Å². The summed E-state index contributed by atoms with van der Waals surface area (Å²) < 4.78 is 4.43. The number of aliphatic hydroxyl groups is 1. The number of aldehydes is 1. The number of benzene rings is 2. The molecule has 4 heteroatoms. The van der Waals surface area contributed by atoms with Gasteiger partial charge in [-0.3, -0.25) is 9.59 Å². The van der Waals surface area contributed by atoms with Crippen molar-refractivity contribution in [3.8, 4) is 0 Å². The average Bonchev–Trinajstić information content (AvgIpc) is 2.66. The summed E-state index contributed by atoms with van der Waals surface area (Å²) in [7, 11) is 0. The normalized spacial score (nSPS) is 10.5. The Hall–Kier alpha value is -2.98. The maximum absolute atomic E-state index is 10.6. The molecule has 1 atom stereocenters. The van der Waals surface area contributed by atoms with Crippen LogP contribution in [-0.4, -0.2) is 24.0 Å². The van der Waals surface area contributed by atoms with Gasteiger partial charge < -0.3 is 9.84 Å². The zero-order chi connectivity index (χ0) is 24.8. The SMILES string of the molecule is C=CCC(O)c1c(C)cc(C)cc1C.C=CCOC(C)=O.Cc1cc(C)c(C=O)c(C)c1. The van der Waals surface area contributed by atoms with E-state index in [4.69, 9.17) is 0 Å². The van der Waals surface area contributed by atoms with Crippen LogP contribution in [0.5, 0.6) is 0 Å². The first kappa shape index (κ1) is 29.0. The van der Waals surface area contributed by atoms with Gasteiger partial charge in [0.05, 0.1) is 6.10 Å². The van der Waals surface area contributed by atoms with Gasteiger partial charge in [0.1, 0.15) is 6.61 Å². The number of rotatable bonds is 6. The number of carbonyl (C=O) groups excluding carboxylic acids is 2. The van der Waals surface area contributed by atoms with Crippen LogP contribution in [0.25, 0.3) is 0 Å². The molecule has 1 unspecified atom stereocenters. The third-order valence-electron chi connectivity index (χ3n) is 4.72. The van der Waals surface area contributed by atoms with E-state index < -0.39 is 6.10 Å². The number of hydrogen-bond donors (Lipinski definition) is 1. The van der Waals surface area contributed by atoms with E-state index in [-0.39, 0.29) is 5.97 Å². The first-order valence-corrected chi connectivity index (χ1v) is 10.6. The number of hydrogen-bond acceptors (Lipinski definition) is 4. The Labute approximate surface area is 193 Å². The molecule has 2 rings (SSSR count). The van der Waals surface area contributed by atoms with Gasteiger partial charge in [-0.25, -0.2) is 0 Å². The minimum absolute atomic E-state index is 0.264. The highest BCUT2D eigenvalue weighted by molar-refractivity contribution is 5.79. The van der Waals surface area contributed by atoms with E-state index >= 15 is 0 Å². The van der Waals surface area contributed by atoms with E-state index in [1.165, 1.54) is 24.1 Å². The summed E-state index contributed by atoms with van der Waals surface area (Å²) in [5, 5.41) is 9.90. The fourth-order valence-electron chi connectivity index (χ4n) is 3.55. The molecule has 0 fully saturated rings. The minimum atomic E-state index is -0.409. The van der Waals surface area contributed by atoms with Crippen molar-refractivity contribution in [1.82, 2.24) is 0 Å². The molecule has 2 aromatic rings. The Bertz CT molecular complexity index is 879. The molecule has 0 heterocycles. The first-order chi connectivity index (χ1) is 15.0. The number of esters is 1. The van der Waals surface area contributed by atoms with E-state index in [1.54, 1.807) is 6.08 Å². The highest BCUT2D eigenvalue weighted by Gasteiger charge is 2.11. The molecule has 0 amide bonds. The van der Waals surface area contributed by atoms with Crippen molar-refractivity contribution >= 4 is 12.3 Å². The third kappa shape index (κ3) is 10.4. The summed E-state index contributed by atoms with van der Waals surface area (Å²) in [5.74, 6) is -0.264. The Morgan fingerprint density at radius 1 is 0.906 bits per heavy atom. The van der Waals surface area contributed by atoms with E-state index in [9.17, 15) is 14.7 Å². The molecule has 1 N–H and O–H groups in total. The Morgan fingerprint density at radius 3 is 1.66 bits per heavy atom. The highest BCUT2D eigenvalue weighted by Crippen LogP contribution is 2.25. The van der Waals surface area contributed by atoms with Crippen molar-refractivity contribution < 1.29 is 19.4 Å². The van der Waals surface area contributed by atoms with E-state index in [0.717, 1.165) is 39.7 Å². The summed E-state index contributed by atoms with van der Waals surface area (Å²) in [5.41, 5.74) is 8.80. The second kappa shape index (κ2) is 14.9. The van der Waals surface area contributed by atoms with Crippen LogP contribution in [-0.2, 0) is 9.53 Å². The van der Waals surface area contributed by atoms with Crippen LogP contribution in [0.3, 0.4) is 0 Å². The summed E-state index contributed by atoms with van der Waals surface area (Å²) in [4.78, 5) is 20.5. The average molecular weight is 439 g/mol. The molecule has 174 valence electrons. The lowest BCUT2D eigenvalue weighted by molar-refractivity contribution is -0.139. The first-order valence-electron chi connectivity index (χ1n) is 10.6. The molecule has 0 saturated carbocycles. The van der Waals surface area contributed by atoms with E-state index in [0.29, 0.717) is 13.0 Å². The van der Waals surface area contributed by atoms with Crippen LogP contribution in [0.2, 0.25) is 0 Å². The summed E-state index contributed by atoms with van der Waals surface area (Å²) in [6.45, 7) is 20.8. The predicted molar refractivity (Wildman–Crippen MR) is 133 cm³/mol. The monoisotopic (exact) mass is 438 g/mol. The van der Waals surface area contributed by atoms with Crippen LogP contribution in [0, 0.1) is 41.5 Å². The molecule has 0 aliphatic heterocycles. The quantitative estimate of drug-likeness (QED) is 0.323. The smallest absolute Gasteiger partial charge is 0.302 e. The largest absolute Gasteiger partial charge is 0.462 e. The highest BCUT2D eigenvalue weighted by atomic mass is 16.5. The Balaban J connectivity index is 0.000000478. The number of ether oxygens (including phenoxy) is 1. The second-order valence-corrected chi connectivity index (χ2v) is 7.87. The fraction of sp³-hybridized carbons (Fsp3) is 0.357. The van der Waals surface area contributed by atoms with Crippen molar-refractivity contribution in [3.63, 3.8) is 0 Å². The van der Waals surface area contributed by atoms with Crippen molar-refractivity contribution in [2.24, 2.45) is 0 Å². The topological polar surface area (TPSA) is 63.6 Å². The van der Waals surface area contributed by atoms with Crippen molar-refractivity contribution in [2.45, 2.75) is 61.0 Å². The van der Waals surface area contributed by atoms with Crippen LogP contribution < -0.4 is 0 Å². The lowest BCUT2D eigenvalue weighted by Crippen LogP contribution is -2.02. The lowest BCUT2D eigenvalue weighted by Gasteiger charge is -2.15. The molecule has 0 bridgehead atoms. The molecular formula is C28H38O4. The third-order valence-corrected chi connectivity index (χ3v) is 4.72. The molecule has 0 aliphatic rings. The van der Waals surface area contributed by atoms with Gasteiger partial charge in [0, 0.05) is 12.5 Å². The zero-order valence-corrected chi connectivity index (χ0v) is 20.6. The maximum atomic E-state index is 10.6. The van der Waals surface area contributed by atoms with Crippen LogP contribution in [0.1, 0.15) is 68.8 Å². The minimum Gasteiger partial charge on any atom is -0.462 e. The van der Waals surface area contributed by atoms with Crippen LogP contribution in [0.15, 0.2) is 49.6 Å². The van der Waals surface area contributed by atoms with Gasteiger partial charge in [-0.2, -0.15) is 0 Å². The van der Waals surface area contributed by atoms with Gasteiger partial charge in [-0.05, 0) is 75.8 Å². The molecule has 0 saturated heterocycles. The summed E-state index contributed by atoms with van der Waals surface area (Å²) >= 11 is 0. The van der Waals surface area contributed by atoms with E-state index in [2.05, 4.69) is 37.0 Å². The van der Waals surface area contributed by atoms with Crippen molar-refractivity contribution in [1.29, 1.82) is 0 Å². The maximum Gasteiger partial charge on any atom is 0.302 e. The lowest BCUT2D eigenvalue weighted by atomic mass is 9.94. The Morgan fingerprint density at radius 2 is 1.34 bits per heavy atom. The van der Waals surface area contributed by atoms with Gasteiger partial charge >= 0.3 is 5.97 Å². The van der Waals surface area contributed by atoms with Crippen molar-refractivity contribution in [2.75, 3.05) is 6.61 Å². The number of aliphatic hydroxyl groups excluding tert-OH is 1. The molecule has 0 spiro atoms. The predicted octanol–water partition coefficient (Wildman–Crippen LogP) is 6.38. The molecule has 0 aromatic heterocycles. The second-order valence-electron chi connectivity index (χ2n) is 7.87. The van der Waals surface area contributed by atoms with Gasteiger partial charge in [0.2, 0.25) is 0 Å². The number of carbonyl (C=O) groups is 2. The van der Waals surface area contributed by atoms with Crippen molar-refractivity contribution in [3.05, 3.63) is 94.1 Å². The molecular weight excluding hydrogens is 400 g/mol. The summed E-state index contributed by atoms with van der Waals surface area (Å²) in [6.07, 6.45) is 4.41. The van der Waals surface area contributed by atoms with Crippen LogP contribution >= 0.6 is 0 Å². The molecule has 0 radical (unpaired) electrons. The van der Waals surface area contributed by atoms with Gasteiger partial charge in [-0.15, -0.1) is 6.58 Å². The molecule has 32 heavy (non-hydrogen) atoms. The van der Waals surface area contributed by atoms with Crippen LogP contribution in [0.4, 0.5) is 0 Å². The van der Waals surface area contributed by atoms with Gasteiger partial charge in [0.15, 0.2) is 6.29 Å². The van der Waals surface area contributed by atoms with Gasteiger partial charge in [0.25, 0.3) is 0 Å². The molecule has 0 aliphatic carbocycles. The standard InChI is InChI=1S/C13H18O.C10H12O.C5H8O2/c1-5-6-12(14)13-10(3)7-9(2)8-11(13)4;1-7-4-8(2)10(6-11)9(3)5-7;1-3-4-7-5(2)6/h5,7-8,12,14H,1,6H2,2-4H3;4-6H,1-3H3;3H,1,4H2,2H3. The fourth-order valence-corrected chi connectivity index (χ4v) is 3.55. The van der Waals surface area contributed by atoms with Gasteiger partial charge in [-0.1, -0.05) is 54.1 Å². The molecule has 2 aromatic carbocycles. The Kier molecular flexibility index (Phi) is 13.5. The zero-order valence-electron chi connectivity index (χ0n) is 20.6.